The Morgan fingerprint density at radius 3 is 2.38 bits per heavy atom. The summed E-state index contributed by atoms with van der Waals surface area (Å²) < 4.78 is 24.6. The lowest BCUT2D eigenvalue weighted by Crippen LogP contribution is -2.13. The van der Waals surface area contributed by atoms with Crippen molar-refractivity contribution in [3.05, 3.63) is 100 Å². The van der Waals surface area contributed by atoms with Crippen LogP contribution < -0.4 is 4.74 Å². The van der Waals surface area contributed by atoms with Crippen LogP contribution in [-0.4, -0.2) is 29.1 Å². The summed E-state index contributed by atoms with van der Waals surface area (Å²) >= 11 is 0. The molecule has 0 heterocycles. The predicted molar refractivity (Wildman–Crippen MR) is 135 cm³/mol. The fourth-order valence-corrected chi connectivity index (χ4v) is 5.29. The van der Waals surface area contributed by atoms with Gasteiger partial charge >= 0.3 is 0 Å². The van der Waals surface area contributed by atoms with E-state index in [4.69, 9.17) is 9.47 Å². The summed E-state index contributed by atoms with van der Waals surface area (Å²) in [6.45, 7) is 1.97. The lowest BCUT2D eigenvalue weighted by molar-refractivity contribution is -0.385. The second-order valence-corrected chi connectivity index (χ2v) is 9.44. The number of nitro benzene ring substituents is 1. The molecule has 4 aromatic rings. The number of ether oxygens (including phenoxy) is 2. The average molecular weight is 476 g/mol. The van der Waals surface area contributed by atoms with Gasteiger partial charge in [0.05, 0.1) is 34.7 Å². The van der Waals surface area contributed by atoms with E-state index in [9.17, 15) is 14.3 Å². The molecule has 0 amide bonds. The van der Waals surface area contributed by atoms with Crippen LogP contribution in [-0.2, 0) is 15.5 Å². The second-order valence-electron chi connectivity index (χ2n) is 7.94. The van der Waals surface area contributed by atoms with Gasteiger partial charge in [-0.25, -0.2) is 0 Å². The van der Waals surface area contributed by atoms with E-state index >= 15 is 0 Å². The molecule has 0 aliphatic rings. The average Bonchev–Trinajstić information content (AvgIpc) is 2.86. The Bertz CT molecular complexity index is 1370. The van der Waals surface area contributed by atoms with Crippen LogP contribution in [0.1, 0.15) is 17.2 Å². The number of hydrogen-bond acceptors (Lipinski definition) is 5. The maximum absolute atomic E-state index is 13.2. The topological polar surface area (TPSA) is 78.7 Å². The highest BCUT2D eigenvalue weighted by molar-refractivity contribution is 7.85. The fraction of sp³-hybridized carbons (Fsp3) is 0.185. The van der Waals surface area contributed by atoms with Gasteiger partial charge in [-0.3, -0.25) is 14.3 Å². The standard InChI is InChI=1S/C27H25NO5S/c1-18-8-12-21(13-9-18)34(31)17-26(33-3)24-16-20(28(29)30)11-14-23(24)27-22-7-5-4-6-19(22)10-15-25(27)32-2/h4-16,26H,17H2,1-3H3/t26-,34+/m0/s1. The number of benzene rings is 4. The van der Waals surface area contributed by atoms with Gasteiger partial charge in [0.15, 0.2) is 0 Å². The summed E-state index contributed by atoms with van der Waals surface area (Å²) in [5.74, 6) is 0.796. The highest BCUT2D eigenvalue weighted by atomic mass is 32.2. The first-order chi connectivity index (χ1) is 16.4. The van der Waals surface area contributed by atoms with Crippen molar-refractivity contribution in [1.29, 1.82) is 0 Å². The number of nitro groups is 1. The van der Waals surface area contributed by atoms with E-state index in [-0.39, 0.29) is 11.4 Å². The first kappa shape index (κ1) is 23.6. The number of non-ortho nitro benzene ring substituents is 1. The van der Waals surface area contributed by atoms with Crippen molar-refractivity contribution < 1.29 is 18.6 Å². The summed E-state index contributed by atoms with van der Waals surface area (Å²) in [6, 6.07) is 23.9. The van der Waals surface area contributed by atoms with Crippen molar-refractivity contribution in [2.24, 2.45) is 0 Å². The molecule has 0 aliphatic carbocycles. The van der Waals surface area contributed by atoms with Gasteiger partial charge in [-0.1, -0.05) is 48.0 Å². The lowest BCUT2D eigenvalue weighted by Gasteiger charge is -2.21. The normalized spacial score (nSPS) is 12.9. The molecule has 0 aromatic heterocycles. The third kappa shape index (κ3) is 4.71. The highest BCUT2D eigenvalue weighted by Gasteiger charge is 2.25. The van der Waals surface area contributed by atoms with E-state index in [1.54, 1.807) is 13.2 Å². The van der Waals surface area contributed by atoms with Crippen molar-refractivity contribution in [3.63, 3.8) is 0 Å². The molecule has 0 radical (unpaired) electrons. The largest absolute Gasteiger partial charge is 0.496 e. The molecule has 0 saturated heterocycles. The zero-order valence-electron chi connectivity index (χ0n) is 19.2. The van der Waals surface area contributed by atoms with E-state index in [1.165, 1.54) is 19.2 Å². The third-order valence-electron chi connectivity index (χ3n) is 5.84. The molecule has 34 heavy (non-hydrogen) atoms. The molecule has 0 bridgehead atoms. The van der Waals surface area contributed by atoms with Gasteiger partial charge in [0.25, 0.3) is 5.69 Å². The van der Waals surface area contributed by atoms with Crippen molar-refractivity contribution in [3.8, 4) is 16.9 Å². The number of hydrogen-bond donors (Lipinski definition) is 0. The monoisotopic (exact) mass is 475 g/mol. The Kier molecular flexibility index (Phi) is 7.05. The molecule has 4 aromatic carbocycles. The Balaban J connectivity index is 1.88. The minimum Gasteiger partial charge on any atom is -0.496 e. The zero-order valence-corrected chi connectivity index (χ0v) is 20.0. The van der Waals surface area contributed by atoms with Crippen LogP contribution in [0.5, 0.6) is 5.75 Å². The molecule has 6 nitrogen and oxygen atoms in total. The van der Waals surface area contributed by atoms with Crippen LogP contribution in [0.3, 0.4) is 0 Å². The van der Waals surface area contributed by atoms with Crippen LogP contribution in [0.15, 0.2) is 83.8 Å². The van der Waals surface area contributed by atoms with Gasteiger partial charge in [0.1, 0.15) is 5.75 Å². The summed E-state index contributed by atoms with van der Waals surface area (Å²) in [6.07, 6.45) is -0.638. The minimum atomic E-state index is -1.36. The van der Waals surface area contributed by atoms with Gasteiger partial charge in [-0.15, -0.1) is 0 Å². The van der Waals surface area contributed by atoms with Crippen LogP contribution in [0.2, 0.25) is 0 Å². The smallest absolute Gasteiger partial charge is 0.269 e. The molecule has 0 saturated carbocycles. The number of methoxy groups -OCH3 is 2. The highest BCUT2D eigenvalue weighted by Crippen LogP contribution is 2.42. The zero-order chi connectivity index (χ0) is 24.2. The Morgan fingerprint density at radius 2 is 1.71 bits per heavy atom. The summed E-state index contributed by atoms with van der Waals surface area (Å²) in [7, 11) is 1.76. The predicted octanol–water partition coefficient (Wildman–Crippen LogP) is 6.23. The molecule has 2 atom stereocenters. The summed E-state index contributed by atoms with van der Waals surface area (Å²) in [4.78, 5) is 11.9. The minimum absolute atomic E-state index is 0.0545. The van der Waals surface area contributed by atoms with Crippen LogP contribution in [0.4, 0.5) is 5.69 Å². The molecular weight excluding hydrogens is 450 g/mol. The van der Waals surface area contributed by atoms with Crippen LogP contribution >= 0.6 is 0 Å². The second kappa shape index (κ2) is 10.2. The third-order valence-corrected chi connectivity index (χ3v) is 7.25. The molecule has 0 spiro atoms. The number of nitrogens with zero attached hydrogens (tertiary/aromatic N) is 1. The van der Waals surface area contributed by atoms with Gasteiger partial charge in [0.2, 0.25) is 0 Å². The molecule has 4 rings (SSSR count). The van der Waals surface area contributed by atoms with Crippen LogP contribution in [0, 0.1) is 17.0 Å². The van der Waals surface area contributed by atoms with Crippen molar-refractivity contribution in [2.75, 3.05) is 20.0 Å². The summed E-state index contributed by atoms with van der Waals surface area (Å²) in [5, 5.41) is 13.6. The van der Waals surface area contributed by atoms with Gasteiger partial charge < -0.3 is 9.47 Å². The van der Waals surface area contributed by atoms with Crippen molar-refractivity contribution >= 4 is 27.3 Å². The quantitative estimate of drug-likeness (QED) is 0.223. The first-order valence-electron chi connectivity index (χ1n) is 10.7. The molecule has 0 fully saturated rings. The van der Waals surface area contributed by atoms with Gasteiger partial charge in [-0.05, 0) is 53.1 Å². The number of aryl methyl sites for hydroxylation is 1. The molecule has 0 unspecified atom stereocenters. The van der Waals surface area contributed by atoms with E-state index in [2.05, 4.69) is 0 Å². The Hall–Kier alpha value is -3.55. The Morgan fingerprint density at radius 1 is 0.971 bits per heavy atom. The van der Waals surface area contributed by atoms with Gasteiger partial charge in [0, 0.05) is 29.7 Å². The van der Waals surface area contributed by atoms with E-state index < -0.39 is 21.8 Å². The van der Waals surface area contributed by atoms with Crippen molar-refractivity contribution in [1.82, 2.24) is 0 Å². The Labute approximate surface area is 200 Å². The van der Waals surface area contributed by atoms with E-state index in [1.807, 2.05) is 67.6 Å². The number of fused-ring (bicyclic) bond motifs is 1. The lowest BCUT2D eigenvalue weighted by atomic mass is 9.91. The van der Waals surface area contributed by atoms with Crippen molar-refractivity contribution in [2.45, 2.75) is 17.9 Å². The van der Waals surface area contributed by atoms with E-state index in [0.717, 1.165) is 27.5 Å². The molecule has 174 valence electrons. The molecule has 0 N–H and O–H groups in total. The SMILES string of the molecule is COc1ccc2ccccc2c1-c1ccc([N+](=O)[O-])cc1[C@H](C[S@@](=O)c1ccc(C)cc1)OC. The fourth-order valence-electron chi connectivity index (χ4n) is 4.07. The number of rotatable bonds is 8. The summed E-state index contributed by atoms with van der Waals surface area (Å²) in [5.41, 5.74) is 3.17. The maximum atomic E-state index is 13.2. The van der Waals surface area contributed by atoms with Gasteiger partial charge in [-0.2, -0.15) is 0 Å². The van der Waals surface area contributed by atoms with E-state index in [0.29, 0.717) is 16.2 Å². The molecular formula is C27H25NO5S. The van der Waals surface area contributed by atoms with Crippen LogP contribution in [0.25, 0.3) is 21.9 Å². The molecule has 7 heteroatoms. The first-order valence-corrected chi connectivity index (χ1v) is 12.1. The maximum Gasteiger partial charge on any atom is 0.269 e. The molecule has 0 aliphatic heterocycles.